The van der Waals surface area contributed by atoms with E-state index in [1.54, 1.807) is 14.2 Å². The highest BCUT2D eigenvalue weighted by molar-refractivity contribution is 5.40. The lowest BCUT2D eigenvalue weighted by Gasteiger charge is -2.20. The molecule has 20 heavy (non-hydrogen) atoms. The van der Waals surface area contributed by atoms with E-state index in [2.05, 4.69) is 22.2 Å². The second kappa shape index (κ2) is 6.86. The maximum Gasteiger partial charge on any atom is 0.216 e. The van der Waals surface area contributed by atoms with Crippen LogP contribution in [0.3, 0.4) is 0 Å². The molecule has 1 atom stereocenters. The van der Waals surface area contributed by atoms with E-state index < -0.39 is 0 Å². The molecule has 106 valence electrons. The normalized spacial score (nSPS) is 11.9. The van der Waals surface area contributed by atoms with Crippen LogP contribution in [0.15, 0.2) is 36.7 Å². The molecule has 0 saturated carbocycles. The summed E-state index contributed by atoms with van der Waals surface area (Å²) in [5.74, 6) is 1.38. The van der Waals surface area contributed by atoms with Crippen molar-refractivity contribution in [3.63, 3.8) is 0 Å². The molecule has 0 amide bonds. The van der Waals surface area contributed by atoms with Gasteiger partial charge in [-0.25, -0.2) is 9.97 Å². The zero-order valence-corrected chi connectivity index (χ0v) is 12.0. The summed E-state index contributed by atoms with van der Waals surface area (Å²) in [7, 11) is 3.26. The van der Waals surface area contributed by atoms with E-state index in [-0.39, 0.29) is 6.04 Å². The summed E-state index contributed by atoms with van der Waals surface area (Å²) in [6.45, 7) is 2.87. The van der Waals surface area contributed by atoms with Crippen molar-refractivity contribution in [3.8, 4) is 11.6 Å². The van der Waals surface area contributed by atoms with Crippen LogP contribution >= 0.6 is 0 Å². The van der Waals surface area contributed by atoms with Gasteiger partial charge >= 0.3 is 0 Å². The molecular weight excluding hydrogens is 254 g/mol. The van der Waals surface area contributed by atoms with Gasteiger partial charge in [-0.1, -0.05) is 25.1 Å². The van der Waals surface area contributed by atoms with E-state index in [0.717, 1.165) is 23.6 Å². The number of methoxy groups -OCH3 is 2. The van der Waals surface area contributed by atoms with E-state index in [1.165, 1.54) is 6.33 Å². The molecule has 1 N–H and O–H groups in total. The van der Waals surface area contributed by atoms with Crippen LogP contribution in [0.25, 0.3) is 0 Å². The van der Waals surface area contributed by atoms with Crippen LogP contribution in [-0.2, 0) is 0 Å². The van der Waals surface area contributed by atoms with Crippen molar-refractivity contribution in [2.45, 2.75) is 13.0 Å². The molecule has 0 bridgehead atoms. The summed E-state index contributed by atoms with van der Waals surface area (Å²) in [4.78, 5) is 8.39. The van der Waals surface area contributed by atoms with E-state index in [1.807, 2.05) is 30.3 Å². The average Bonchev–Trinajstić information content (AvgIpc) is 2.52. The standard InChI is InChI=1S/C15H19N3O2/c1-4-16-15(11-7-5-6-8-13(11)19-2)12-9-14(20-3)18-10-17-12/h5-10,15-16H,4H2,1-3H3. The van der Waals surface area contributed by atoms with Gasteiger partial charge in [0.1, 0.15) is 12.1 Å². The number of benzene rings is 1. The van der Waals surface area contributed by atoms with Crippen molar-refractivity contribution in [1.82, 2.24) is 15.3 Å². The Labute approximate surface area is 119 Å². The van der Waals surface area contributed by atoms with Gasteiger partial charge in [0.15, 0.2) is 0 Å². The molecule has 0 spiro atoms. The van der Waals surface area contributed by atoms with Crippen molar-refractivity contribution < 1.29 is 9.47 Å². The van der Waals surface area contributed by atoms with Crippen LogP contribution in [0.4, 0.5) is 0 Å². The van der Waals surface area contributed by atoms with E-state index in [0.29, 0.717) is 5.88 Å². The fourth-order valence-electron chi connectivity index (χ4n) is 2.11. The Morgan fingerprint density at radius 2 is 1.95 bits per heavy atom. The molecule has 0 radical (unpaired) electrons. The fraction of sp³-hybridized carbons (Fsp3) is 0.333. The molecule has 0 fully saturated rings. The summed E-state index contributed by atoms with van der Waals surface area (Å²) >= 11 is 0. The third-order valence-corrected chi connectivity index (χ3v) is 3.03. The van der Waals surface area contributed by atoms with E-state index in [9.17, 15) is 0 Å². The molecule has 2 aromatic rings. The monoisotopic (exact) mass is 273 g/mol. The predicted molar refractivity (Wildman–Crippen MR) is 77.1 cm³/mol. The average molecular weight is 273 g/mol. The summed E-state index contributed by atoms with van der Waals surface area (Å²) in [6.07, 6.45) is 1.51. The number of nitrogens with zero attached hydrogens (tertiary/aromatic N) is 2. The van der Waals surface area contributed by atoms with Gasteiger partial charge in [-0.05, 0) is 12.6 Å². The second-order valence-electron chi connectivity index (χ2n) is 4.22. The first-order valence-electron chi connectivity index (χ1n) is 6.52. The Hall–Kier alpha value is -2.14. The van der Waals surface area contributed by atoms with Crippen LogP contribution in [0, 0.1) is 0 Å². The first-order valence-corrected chi connectivity index (χ1v) is 6.52. The Morgan fingerprint density at radius 1 is 1.15 bits per heavy atom. The van der Waals surface area contributed by atoms with Crippen molar-refractivity contribution >= 4 is 0 Å². The third-order valence-electron chi connectivity index (χ3n) is 3.03. The van der Waals surface area contributed by atoms with Crippen LogP contribution in [0.5, 0.6) is 11.6 Å². The lowest BCUT2D eigenvalue weighted by Crippen LogP contribution is -2.23. The van der Waals surface area contributed by atoms with Gasteiger partial charge in [0, 0.05) is 11.6 Å². The van der Waals surface area contributed by atoms with Crippen LogP contribution < -0.4 is 14.8 Å². The first-order chi connectivity index (χ1) is 9.80. The number of aromatic nitrogens is 2. The quantitative estimate of drug-likeness (QED) is 0.874. The van der Waals surface area contributed by atoms with Crippen LogP contribution in [0.1, 0.15) is 24.2 Å². The van der Waals surface area contributed by atoms with Gasteiger partial charge in [-0.2, -0.15) is 0 Å². The van der Waals surface area contributed by atoms with Crippen LogP contribution in [0.2, 0.25) is 0 Å². The Bertz CT molecular complexity index is 560. The lowest BCUT2D eigenvalue weighted by molar-refractivity contribution is 0.392. The predicted octanol–water partition coefficient (Wildman–Crippen LogP) is 2.19. The maximum absolute atomic E-state index is 5.44. The summed E-state index contributed by atoms with van der Waals surface area (Å²) in [5.41, 5.74) is 1.89. The number of para-hydroxylation sites is 1. The van der Waals surface area contributed by atoms with Gasteiger partial charge in [-0.15, -0.1) is 0 Å². The molecule has 1 aromatic heterocycles. The van der Waals surface area contributed by atoms with Crippen LogP contribution in [-0.4, -0.2) is 30.7 Å². The van der Waals surface area contributed by atoms with Gasteiger partial charge in [-0.3, -0.25) is 0 Å². The minimum atomic E-state index is -0.0620. The van der Waals surface area contributed by atoms with Crippen molar-refractivity contribution in [3.05, 3.63) is 47.9 Å². The molecule has 5 heteroatoms. The minimum Gasteiger partial charge on any atom is -0.496 e. The number of hydrogen-bond acceptors (Lipinski definition) is 5. The summed E-state index contributed by atoms with van der Waals surface area (Å²) < 4.78 is 10.6. The van der Waals surface area contributed by atoms with Crippen molar-refractivity contribution in [1.29, 1.82) is 0 Å². The van der Waals surface area contributed by atoms with E-state index in [4.69, 9.17) is 9.47 Å². The third kappa shape index (κ3) is 3.05. The van der Waals surface area contributed by atoms with Gasteiger partial charge < -0.3 is 14.8 Å². The van der Waals surface area contributed by atoms with Gasteiger partial charge in [0.05, 0.1) is 26.0 Å². The Kier molecular flexibility index (Phi) is 4.90. The minimum absolute atomic E-state index is 0.0620. The molecule has 0 saturated heterocycles. The molecule has 1 aromatic carbocycles. The molecule has 0 aliphatic rings. The molecule has 2 rings (SSSR count). The Balaban J connectivity index is 2.44. The SMILES string of the molecule is CCNC(c1cc(OC)ncn1)c1ccccc1OC. The smallest absolute Gasteiger partial charge is 0.216 e. The lowest BCUT2D eigenvalue weighted by atomic mass is 10.0. The highest BCUT2D eigenvalue weighted by Crippen LogP contribution is 2.29. The fourth-order valence-corrected chi connectivity index (χ4v) is 2.11. The number of ether oxygens (including phenoxy) is 2. The molecule has 1 unspecified atom stereocenters. The second-order valence-corrected chi connectivity index (χ2v) is 4.22. The molecule has 0 aliphatic heterocycles. The van der Waals surface area contributed by atoms with Gasteiger partial charge in [0.2, 0.25) is 5.88 Å². The van der Waals surface area contributed by atoms with Crippen molar-refractivity contribution in [2.24, 2.45) is 0 Å². The molecule has 5 nitrogen and oxygen atoms in total. The highest BCUT2D eigenvalue weighted by Gasteiger charge is 2.19. The zero-order chi connectivity index (χ0) is 14.4. The van der Waals surface area contributed by atoms with Gasteiger partial charge in [0.25, 0.3) is 0 Å². The first kappa shape index (κ1) is 14.3. The summed E-state index contributed by atoms with van der Waals surface area (Å²) in [6, 6.07) is 9.68. The molecular formula is C15H19N3O2. The Morgan fingerprint density at radius 3 is 2.65 bits per heavy atom. The number of rotatable bonds is 6. The van der Waals surface area contributed by atoms with Crippen molar-refractivity contribution in [2.75, 3.05) is 20.8 Å². The number of hydrogen-bond donors (Lipinski definition) is 1. The zero-order valence-electron chi connectivity index (χ0n) is 12.0. The van der Waals surface area contributed by atoms with E-state index >= 15 is 0 Å². The molecule has 1 heterocycles. The maximum atomic E-state index is 5.44. The summed E-state index contributed by atoms with van der Waals surface area (Å²) in [5, 5.41) is 3.42. The number of nitrogens with one attached hydrogen (secondary N) is 1. The highest BCUT2D eigenvalue weighted by atomic mass is 16.5. The topological polar surface area (TPSA) is 56.3 Å². The largest absolute Gasteiger partial charge is 0.496 e. The molecule has 0 aliphatic carbocycles.